The molecule has 2 fully saturated rings. The largest absolute Gasteiger partial charge is 0.352 e. The quantitative estimate of drug-likeness (QED) is 0.907. The van der Waals surface area contributed by atoms with Crippen molar-refractivity contribution >= 4 is 5.91 Å². The highest BCUT2D eigenvalue weighted by Crippen LogP contribution is 2.38. The zero-order valence-electron chi connectivity index (χ0n) is 11.7. The predicted molar refractivity (Wildman–Crippen MR) is 75.5 cm³/mol. The third-order valence-corrected chi connectivity index (χ3v) is 4.15. The van der Waals surface area contributed by atoms with E-state index >= 15 is 0 Å². The summed E-state index contributed by atoms with van der Waals surface area (Å²) < 4.78 is 1.30. The highest BCUT2D eigenvalue weighted by molar-refractivity contribution is 5.75. The third-order valence-electron chi connectivity index (χ3n) is 4.15. The van der Waals surface area contributed by atoms with Crippen molar-refractivity contribution in [2.24, 2.45) is 0 Å². The standard InChI is InChI=1S/C15H21N3O2/c19-14(16-12-4-2-1-3-5-12)10-18-15(20)9-8-13(17-18)11-6-7-11/h8-9,11-12H,1-7,10H2,(H,16,19). The van der Waals surface area contributed by atoms with Crippen LogP contribution in [0.4, 0.5) is 0 Å². The minimum atomic E-state index is -0.201. The van der Waals surface area contributed by atoms with Gasteiger partial charge in [0.15, 0.2) is 0 Å². The first-order valence-electron chi connectivity index (χ1n) is 7.60. The molecular weight excluding hydrogens is 254 g/mol. The van der Waals surface area contributed by atoms with Crippen molar-refractivity contribution in [3.63, 3.8) is 0 Å². The molecule has 20 heavy (non-hydrogen) atoms. The van der Waals surface area contributed by atoms with E-state index in [9.17, 15) is 9.59 Å². The fraction of sp³-hybridized carbons (Fsp3) is 0.667. The van der Waals surface area contributed by atoms with Gasteiger partial charge in [0, 0.05) is 18.0 Å². The molecule has 3 rings (SSSR count). The molecule has 1 N–H and O–H groups in total. The van der Waals surface area contributed by atoms with Crippen LogP contribution in [0, 0.1) is 0 Å². The van der Waals surface area contributed by atoms with E-state index in [-0.39, 0.29) is 24.1 Å². The molecule has 1 aromatic rings. The van der Waals surface area contributed by atoms with Gasteiger partial charge in [-0.3, -0.25) is 9.59 Å². The molecule has 0 saturated heterocycles. The Bertz CT molecular complexity index is 542. The molecule has 2 saturated carbocycles. The summed E-state index contributed by atoms with van der Waals surface area (Å²) in [6, 6.07) is 3.59. The molecule has 2 aliphatic carbocycles. The zero-order chi connectivity index (χ0) is 13.9. The molecule has 5 nitrogen and oxygen atoms in total. The van der Waals surface area contributed by atoms with E-state index in [1.807, 2.05) is 0 Å². The first-order valence-corrected chi connectivity index (χ1v) is 7.60. The Balaban J connectivity index is 1.62. The van der Waals surface area contributed by atoms with Gasteiger partial charge in [0.05, 0.1) is 5.69 Å². The summed E-state index contributed by atoms with van der Waals surface area (Å²) in [6.07, 6.45) is 8.00. The van der Waals surface area contributed by atoms with Crippen LogP contribution >= 0.6 is 0 Å². The summed E-state index contributed by atoms with van der Waals surface area (Å²) in [5.74, 6) is 0.391. The van der Waals surface area contributed by atoms with Gasteiger partial charge in [-0.25, -0.2) is 4.68 Å². The van der Waals surface area contributed by atoms with E-state index in [0.29, 0.717) is 5.92 Å². The summed E-state index contributed by atoms with van der Waals surface area (Å²) in [7, 11) is 0. The third kappa shape index (κ3) is 3.26. The van der Waals surface area contributed by atoms with Crippen molar-refractivity contribution in [3.8, 4) is 0 Å². The van der Waals surface area contributed by atoms with Gasteiger partial charge in [-0.15, -0.1) is 0 Å². The summed E-state index contributed by atoms with van der Waals surface area (Å²) >= 11 is 0. The molecule has 0 spiro atoms. The maximum absolute atomic E-state index is 12.0. The highest BCUT2D eigenvalue weighted by atomic mass is 16.2. The minimum Gasteiger partial charge on any atom is -0.352 e. The van der Waals surface area contributed by atoms with Crippen LogP contribution in [0.3, 0.4) is 0 Å². The van der Waals surface area contributed by atoms with Gasteiger partial charge in [-0.05, 0) is 31.7 Å². The van der Waals surface area contributed by atoms with Crippen LogP contribution in [0.25, 0.3) is 0 Å². The van der Waals surface area contributed by atoms with Gasteiger partial charge in [0.2, 0.25) is 5.91 Å². The van der Waals surface area contributed by atoms with Crippen molar-refractivity contribution < 1.29 is 4.79 Å². The van der Waals surface area contributed by atoms with E-state index in [2.05, 4.69) is 10.4 Å². The van der Waals surface area contributed by atoms with Crippen molar-refractivity contribution in [3.05, 3.63) is 28.2 Å². The molecule has 0 radical (unpaired) electrons. The summed E-state index contributed by atoms with van der Waals surface area (Å²) in [5.41, 5.74) is 0.739. The van der Waals surface area contributed by atoms with Crippen molar-refractivity contribution in [1.82, 2.24) is 15.1 Å². The molecule has 5 heteroatoms. The molecule has 1 amide bonds. The summed E-state index contributed by atoms with van der Waals surface area (Å²) in [5, 5.41) is 7.33. The molecule has 2 aliphatic rings. The maximum atomic E-state index is 12.0. The Morgan fingerprint density at radius 1 is 1.20 bits per heavy atom. The number of nitrogens with zero attached hydrogens (tertiary/aromatic N) is 2. The fourth-order valence-corrected chi connectivity index (χ4v) is 2.83. The van der Waals surface area contributed by atoms with Gasteiger partial charge >= 0.3 is 0 Å². The monoisotopic (exact) mass is 275 g/mol. The highest BCUT2D eigenvalue weighted by Gasteiger charge is 2.25. The fourth-order valence-electron chi connectivity index (χ4n) is 2.83. The number of aromatic nitrogens is 2. The first-order chi connectivity index (χ1) is 9.72. The van der Waals surface area contributed by atoms with Crippen molar-refractivity contribution in [2.45, 2.75) is 63.5 Å². The van der Waals surface area contributed by atoms with Crippen LogP contribution in [-0.2, 0) is 11.3 Å². The molecule has 1 heterocycles. The lowest BCUT2D eigenvalue weighted by Gasteiger charge is -2.22. The average Bonchev–Trinajstić information content (AvgIpc) is 3.27. The lowest BCUT2D eigenvalue weighted by Crippen LogP contribution is -2.40. The second-order valence-corrected chi connectivity index (χ2v) is 5.93. The van der Waals surface area contributed by atoms with Gasteiger partial charge in [0.1, 0.15) is 6.54 Å². The van der Waals surface area contributed by atoms with Gasteiger partial charge < -0.3 is 5.32 Å². The molecule has 0 aliphatic heterocycles. The van der Waals surface area contributed by atoms with E-state index in [1.54, 1.807) is 6.07 Å². The Hall–Kier alpha value is -1.65. The first kappa shape index (κ1) is 13.3. The number of nitrogens with one attached hydrogen (secondary N) is 1. The zero-order valence-corrected chi connectivity index (χ0v) is 11.7. The number of carbonyl (C=O) groups is 1. The molecule has 108 valence electrons. The second-order valence-electron chi connectivity index (χ2n) is 5.93. The van der Waals surface area contributed by atoms with Crippen LogP contribution in [0.1, 0.15) is 56.6 Å². The molecule has 0 atom stereocenters. The lowest BCUT2D eigenvalue weighted by atomic mass is 9.95. The van der Waals surface area contributed by atoms with E-state index in [4.69, 9.17) is 0 Å². The Labute approximate surface area is 118 Å². The Kier molecular flexibility index (Phi) is 3.85. The Morgan fingerprint density at radius 2 is 1.95 bits per heavy atom. The van der Waals surface area contributed by atoms with Crippen LogP contribution < -0.4 is 10.9 Å². The van der Waals surface area contributed by atoms with E-state index in [1.165, 1.54) is 30.0 Å². The summed E-state index contributed by atoms with van der Waals surface area (Å²) in [4.78, 5) is 23.8. The molecule has 0 bridgehead atoms. The normalized spacial score (nSPS) is 19.8. The van der Waals surface area contributed by atoms with Crippen molar-refractivity contribution in [2.75, 3.05) is 0 Å². The minimum absolute atomic E-state index is 0.0376. The Morgan fingerprint density at radius 3 is 2.65 bits per heavy atom. The number of amides is 1. The average molecular weight is 275 g/mol. The van der Waals surface area contributed by atoms with Crippen molar-refractivity contribution in [1.29, 1.82) is 0 Å². The van der Waals surface area contributed by atoms with Gasteiger partial charge in [0.25, 0.3) is 5.56 Å². The molecule has 1 aromatic heterocycles. The SMILES string of the molecule is O=C(Cn1nc(C2CC2)ccc1=O)NC1CCCCC1. The van der Waals surface area contributed by atoms with Crippen LogP contribution in [0.5, 0.6) is 0 Å². The number of rotatable bonds is 4. The topological polar surface area (TPSA) is 64.0 Å². The van der Waals surface area contributed by atoms with Crippen LogP contribution in [0.15, 0.2) is 16.9 Å². The van der Waals surface area contributed by atoms with Crippen LogP contribution in [0.2, 0.25) is 0 Å². The number of carbonyl (C=O) groups excluding carboxylic acids is 1. The number of hydrogen-bond acceptors (Lipinski definition) is 3. The maximum Gasteiger partial charge on any atom is 0.267 e. The summed E-state index contributed by atoms with van der Waals surface area (Å²) in [6.45, 7) is 0.0376. The molecule has 0 unspecified atom stereocenters. The number of hydrogen-bond donors (Lipinski definition) is 1. The lowest BCUT2D eigenvalue weighted by molar-refractivity contribution is -0.122. The van der Waals surface area contributed by atoms with E-state index in [0.717, 1.165) is 31.4 Å². The smallest absolute Gasteiger partial charge is 0.267 e. The predicted octanol–water partition coefficient (Wildman–Crippen LogP) is 1.57. The van der Waals surface area contributed by atoms with E-state index < -0.39 is 0 Å². The molecular formula is C15H21N3O2. The van der Waals surface area contributed by atoms with Crippen LogP contribution in [-0.4, -0.2) is 21.7 Å². The van der Waals surface area contributed by atoms with Gasteiger partial charge in [-0.2, -0.15) is 5.10 Å². The van der Waals surface area contributed by atoms with Gasteiger partial charge in [-0.1, -0.05) is 19.3 Å². The second kappa shape index (κ2) is 5.77. The molecule has 0 aromatic carbocycles.